The van der Waals surface area contributed by atoms with Gasteiger partial charge in [-0.2, -0.15) is 0 Å². The number of esters is 1. The Bertz CT molecular complexity index is 1540. The molecule has 1 atom stereocenters. The van der Waals surface area contributed by atoms with Gasteiger partial charge < -0.3 is 32.8 Å². The first-order valence-electron chi connectivity index (χ1n) is 12.0. The van der Waals surface area contributed by atoms with Crippen LogP contribution in [-0.2, 0) is 9.53 Å². The van der Waals surface area contributed by atoms with Gasteiger partial charge in [-0.1, -0.05) is 18.2 Å². The number of hydrogen-bond acceptors (Lipinski definition) is 9. The molecule has 0 aliphatic rings. The lowest BCUT2D eigenvalue weighted by Crippen LogP contribution is -2.14. The minimum atomic E-state index is -0.694. The van der Waals surface area contributed by atoms with Crippen LogP contribution in [0.1, 0.15) is 23.5 Å². The van der Waals surface area contributed by atoms with E-state index in [4.69, 9.17) is 32.8 Å². The van der Waals surface area contributed by atoms with E-state index in [9.17, 15) is 9.59 Å². The van der Waals surface area contributed by atoms with Gasteiger partial charge in [0, 0.05) is 17.0 Å². The lowest BCUT2D eigenvalue weighted by Gasteiger charge is -2.24. The van der Waals surface area contributed by atoms with E-state index < -0.39 is 11.9 Å². The van der Waals surface area contributed by atoms with Crippen LogP contribution in [0.5, 0.6) is 28.7 Å². The van der Waals surface area contributed by atoms with Crippen LogP contribution in [0.25, 0.3) is 22.1 Å². The summed E-state index contributed by atoms with van der Waals surface area (Å²) in [7, 11) is 8.91. The van der Waals surface area contributed by atoms with Crippen molar-refractivity contribution in [3.63, 3.8) is 0 Å². The van der Waals surface area contributed by atoms with Crippen LogP contribution in [0.2, 0.25) is 0 Å². The molecule has 1 aromatic heterocycles. The number of carbonyl (C=O) groups is 1. The second-order valence-corrected chi connectivity index (χ2v) is 8.52. The van der Waals surface area contributed by atoms with E-state index in [1.807, 2.05) is 0 Å². The highest BCUT2D eigenvalue weighted by Gasteiger charge is 2.31. The van der Waals surface area contributed by atoms with Gasteiger partial charge in [0.05, 0.1) is 60.0 Å². The molecule has 0 bridgehead atoms. The minimum Gasteiger partial charge on any atom is -0.497 e. The molecule has 4 rings (SSSR count). The molecule has 3 aromatic carbocycles. The molecular weight excluding hydrogens is 504 g/mol. The highest BCUT2D eigenvalue weighted by molar-refractivity contribution is 5.88. The molecule has 0 saturated carbocycles. The molecule has 9 nitrogen and oxygen atoms in total. The van der Waals surface area contributed by atoms with E-state index in [0.717, 1.165) is 0 Å². The van der Waals surface area contributed by atoms with Crippen molar-refractivity contribution in [2.24, 2.45) is 0 Å². The topological polar surface area (TPSA) is 103 Å². The first-order chi connectivity index (χ1) is 18.9. The zero-order valence-electron chi connectivity index (χ0n) is 22.7. The molecule has 0 fully saturated rings. The fourth-order valence-electron chi connectivity index (χ4n) is 4.70. The summed E-state index contributed by atoms with van der Waals surface area (Å²) in [6.07, 6.45) is 1.32. The molecule has 9 heteroatoms. The van der Waals surface area contributed by atoms with Gasteiger partial charge >= 0.3 is 5.97 Å². The van der Waals surface area contributed by atoms with Crippen molar-refractivity contribution < 1.29 is 37.6 Å². The van der Waals surface area contributed by atoms with Crippen molar-refractivity contribution in [3.05, 3.63) is 76.1 Å². The van der Waals surface area contributed by atoms with E-state index >= 15 is 0 Å². The van der Waals surface area contributed by atoms with Gasteiger partial charge in [-0.05, 0) is 35.9 Å². The molecular formula is C30H30O9. The van der Waals surface area contributed by atoms with Gasteiger partial charge in [0.25, 0.3) is 0 Å². The van der Waals surface area contributed by atoms with E-state index in [1.54, 1.807) is 55.6 Å². The van der Waals surface area contributed by atoms with Crippen LogP contribution in [-0.4, -0.2) is 48.6 Å². The normalized spacial score (nSPS) is 11.5. The van der Waals surface area contributed by atoms with Crippen LogP contribution < -0.4 is 29.1 Å². The highest BCUT2D eigenvalue weighted by Crippen LogP contribution is 2.48. The summed E-state index contributed by atoms with van der Waals surface area (Å²) in [5.41, 5.74) is 2.19. The Hall–Kier alpha value is -4.66. The summed E-state index contributed by atoms with van der Waals surface area (Å²) in [5, 5.41) is 0.327. The third kappa shape index (κ3) is 5.07. The molecule has 0 aliphatic carbocycles. The average Bonchev–Trinajstić information content (AvgIpc) is 2.98. The van der Waals surface area contributed by atoms with E-state index in [1.165, 1.54) is 41.8 Å². The molecule has 0 spiro atoms. The minimum absolute atomic E-state index is 0.0955. The largest absolute Gasteiger partial charge is 0.497 e. The predicted molar refractivity (Wildman–Crippen MR) is 146 cm³/mol. The average molecular weight is 535 g/mol. The molecule has 4 aromatic rings. The second-order valence-electron chi connectivity index (χ2n) is 8.52. The highest BCUT2D eigenvalue weighted by atomic mass is 16.5. The molecule has 0 radical (unpaired) electrons. The maximum atomic E-state index is 13.7. The number of ether oxygens (including phenoxy) is 6. The standard InChI is InChI=1S/C30H30O9/c1-33-18-9-7-17(8-10-18)22-16-39-28-20(27(22)32)12-13-23(34-2)26(28)21(15-25(31)36-4)19-11-14-24(35-3)30(38-6)29(19)37-5/h7-14,16,21H,15H2,1-6H3. The van der Waals surface area contributed by atoms with Crippen LogP contribution >= 0.6 is 0 Å². The SMILES string of the molecule is COC(=O)CC(c1ccc(OC)c(OC)c1OC)c1c(OC)ccc2c(=O)c(-c3ccc(OC)cc3)coc12. The van der Waals surface area contributed by atoms with Crippen LogP contribution in [0.3, 0.4) is 0 Å². The third-order valence-corrected chi connectivity index (χ3v) is 6.62. The third-order valence-electron chi connectivity index (χ3n) is 6.62. The van der Waals surface area contributed by atoms with Gasteiger partial charge in [-0.15, -0.1) is 0 Å². The fraction of sp³-hybridized carbons (Fsp3) is 0.267. The molecule has 0 saturated heterocycles. The van der Waals surface area contributed by atoms with Crippen molar-refractivity contribution in [2.45, 2.75) is 12.3 Å². The molecule has 1 heterocycles. The molecule has 0 N–H and O–H groups in total. The summed E-state index contributed by atoms with van der Waals surface area (Å²) in [6, 6.07) is 13.9. The van der Waals surface area contributed by atoms with Crippen molar-refractivity contribution >= 4 is 16.9 Å². The zero-order valence-corrected chi connectivity index (χ0v) is 22.7. The number of rotatable bonds is 10. The van der Waals surface area contributed by atoms with E-state index in [-0.39, 0.29) is 17.4 Å². The number of benzene rings is 3. The number of hydrogen-bond donors (Lipinski definition) is 0. The number of methoxy groups -OCH3 is 6. The van der Waals surface area contributed by atoms with Gasteiger partial charge in [-0.25, -0.2) is 0 Å². The molecule has 204 valence electrons. The predicted octanol–water partition coefficient (Wildman–Crippen LogP) is 5.20. The van der Waals surface area contributed by atoms with Crippen LogP contribution in [0, 0.1) is 0 Å². The lowest BCUT2D eigenvalue weighted by atomic mass is 9.85. The Kier molecular flexibility index (Phi) is 8.29. The quantitative estimate of drug-likeness (QED) is 0.254. The summed E-state index contributed by atoms with van der Waals surface area (Å²) < 4.78 is 38.8. The van der Waals surface area contributed by atoms with Crippen molar-refractivity contribution in [1.29, 1.82) is 0 Å². The molecule has 0 amide bonds. The first kappa shape index (κ1) is 27.4. The Labute approximate surface area is 225 Å². The zero-order chi connectivity index (χ0) is 28.1. The molecule has 39 heavy (non-hydrogen) atoms. The second kappa shape index (κ2) is 11.8. The lowest BCUT2D eigenvalue weighted by molar-refractivity contribution is -0.140. The van der Waals surface area contributed by atoms with Gasteiger partial charge in [0.2, 0.25) is 11.2 Å². The van der Waals surface area contributed by atoms with Crippen molar-refractivity contribution in [2.75, 3.05) is 42.7 Å². The van der Waals surface area contributed by atoms with Crippen molar-refractivity contribution in [3.8, 4) is 39.9 Å². The maximum absolute atomic E-state index is 13.7. The maximum Gasteiger partial charge on any atom is 0.306 e. The number of carbonyl (C=O) groups excluding carboxylic acids is 1. The van der Waals surface area contributed by atoms with E-state index in [2.05, 4.69) is 0 Å². The smallest absolute Gasteiger partial charge is 0.306 e. The molecule has 1 unspecified atom stereocenters. The van der Waals surface area contributed by atoms with E-state index in [0.29, 0.717) is 56.4 Å². The van der Waals surface area contributed by atoms with Crippen molar-refractivity contribution in [1.82, 2.24) is 0 Å². The summed E-state index contributed by atoms with van der Waals surface area (Å²) in [5.74, 6) is 1.10. The summed E-state index contributed by atoms with van der Waals surface area (Å²) >= 11 is 0. The Morgan fingerprint density at radius 3 is 2.03 bits per heavy atom. The number of fused-ring (bicyclic) bond motifs is 1. The fourth-order valence-corrected chi connectivity index (χ4v) is 4.70. The molecule has 0 aliphatic heterocycles. The summed E-state index contributed by atoms with van der Waals surface area (Å²) in [4.78, 5) is 26.4. The summed E-state index contributed by atoms with van der Waals surface area (Å²) in [6.45, 7) is 0. The Morgan fingerprint density at radius 2 is 1.44 bits per heavy atom. The van der Waals surface area contributed by atoms with Gasteiger partial charge in [-0.3, -0.25) is 9.59 Å². The Balaban J connectivity index is 2.01. The monoisotopic (exact) mass is 534 g/mol. The van der Waals surface area contributed by atoms with Gasteiger partial charge in [0.15, 0.2) is 11.5 Å². The Morgan fingerprint density at radius 1 is 0.769 bits per heavy atom. The first-order valence-corrected chi connectivity index (χ1v) is 12.0. The van der Waals surface area contributed by atoms with Gasteiger partial charge in [0.1, 0.15) is 23.3 Å². The van der Waals surface area contributed by atoms with Crippen LogP contribution in [0.15, 0.2) is 64.0 Å². The van der Waals surface area contributed by atoms with Crippen LogP contribution in [0.4, 0.5) is 0 Å².